The van der Waals surface area contributed by atoms with Crippen LogP contribution >= 0.6 is 0 Å². The maximum Gasteiger partial charge on any atom is 0.292 e. The fraction of sp³-hybridized carbons (Fsp3) is 0.600. The van der Waals surface area contributed by atoms with Crippen LogP contribution in [0.4, 0.5) is 11.4 Å². The quantitative estimate of drug-likeness (QED) is 0.665. The number of likely N-dealkylation sites (N-methyl/N-ethyl adjacent to an activating group) is 1. The maximum absolute atomic E-state index is 10.9. The molecular formula is C15H24N4O2. The lowest BCUT2D eigenvalue weighted by Gasteiger charge is -2.39. The summed E-state index contributed by atoms with van der Waals surface area (Å²) in [5.41, 5.74) is 1.83. The molecule has 0 radical (unpaired) electrons. The Labute approximate surface area is 125 Å². The van der Waals surface area contributed by atoms with Crippen LogP contribution in [-0.2, 0) is 6.54 Å². The first-order chi connectivity index (χ1) is 10.0. The molecule has 1 atom stereocenters. The lowest BCUT2D eigenvalue weighted by molar-refractivity contribution is -0.384. The van der Waals surface area contributed by atoms with E-state index < -0.39 is 0 Å². The third-order valence-corrected chi connectivity index (χ3v) is 4.27. The second-order valence-corrected chi connectivity index (χ2v) is 5.64. The Kier molecular flexibility index (Phi) is 5.14. The zero-order valence-electron chi connectivity index (χ0n) is 13.0. The molecule has 1 aromatic rings. The Morgan fingerprint density at radius 1 is 1.43 bits per heavy atom. The number of anilines is 1. The molecule has 1 aliphatic rings. The van der Waals surface area contributed by atoms with Crippen molar-refractivity contribution in [2.24, 2.45) is 0 Å². The summed E-state index contributed by atoms with van der Waals surface area (Å²) in [5.74, 6) is 0. The topological polar surface area (TPSA) is 61.6 Å². The Hall–Kier alpha value is -1.66. The van der Waals surface area contributed by atoms with Crippen molar-refractivity contribution in [2.45, 2.75) is 25.9 Å². The third kappa shape index (κ3) is 3.71. The summed E-state index contributed by atoms with van der Waals surface area (Å²) in [4.78, 5) is 15.4. The van der Waals surface area contributed by atoms with Crippen LogP contribution in [0.3, 0.4) is 0 Å². The highest BCUT2D eigenvalue weighted by atomic mass is 16.6. The summed E-state index contributed by atoms with van der Waals surface area (Å²) in [6.07, 6.45) is 1.15. The van der Waals surface area contributed by atoms with Gasteiger partial charge in [-0.05, 0) is 25.1 Å². The van der Waals surface area contributed by atoms with Crippen molar-refractivity contribution in [2.75, 3.05) is 39.0 Å². The van der Waals surface area contributed by atoms with Gasteiger partial charge in [0, 0.05) is 45.3 Å². The first-order valence-corrected chi connectivity index (χ1v) is 7.42. The average molecular weight is 292 g/mol. The Morgan fingerprint density at radius 2 is 2.19 bits per heavy atom. The summed E-state index contributed by atoms with van der Waals surface area (Å²) < 4.78 is 0. The van der Waals surface area contributed by atoms with Gasteiger partial charge in [-0.25, -0.2) is 0 Å². The van der Waals surface area contributed by atoms with Gasteiger partial charge in [-0.15, -0.1) is 0 Å². The number of nitrogens with zero attached hydrogens (tertiary/aromatic N) is 3. The minimum absolute atomic E-state index is 0.131. The Bertz CT molecular complexity index is 506. The number of hydrogen-bond donors (Lipinski definition) is 1. The number of piperazine rings is 1. The second-order valence-electron chi connectivity index (χ2n) is 5.64. The van der Waals surface area contributed by atoms with Gasteiger partial charge in [-0.1, -0.05) is 13.0 Å². The number of benzene rings is 1. The first-order valence-electron chi connectivity index (χ1n) is 7.42. The van der Waals surface area contributed by atoms with Gasteiger partial charge >= 0.3 is 0 Å². The van der Waals surface area contributed by atoms with Crippen LogP contribution in [0.25, 0.3) is 0 Å². The minimum atomic E-state index is -0.349. The van der Waals surface area contributed by atoms with Crippen LogP contribution in [0.5, 0.6) is 0 Å². The van der Waals surface area contributed by atoms with E-state index in [9.17, 15) is 10.1 Å². The van der Waals surface area contributed by atoms with E-state index >= 15 is 0 Å². The summed E-state index contributed by atoms with van der Waals surface area (Å²) in [6, 6.07) is 5.94. The monoisotopic (exact) mass is 292 g/mol. The van der Waals surface area contributed by atoms with Crippen molar-refractivity contribution in [3.63, 3.8) is 0 Å². The summed E-state index contributed by atoms with van der Waals surface area (Å²) in [5, 5.41) is 13.9. The van der Waals surface area contributed by atoms with E-state index in [2.05, 4.69) is 29.1 Å². The van der Waals surface area contributed by atoms with Crippen LogP contribution in [0, 0.1) is 10.1 Å². The summed E-state index contributed by atoms with van der Waals surface area (Å²) >= 11 is 0. The van der Waals surface area contributed by atoms with Gasteiger partial charge in [0.15, 0.2) is 0 Å². The third-order valence-electron chi connectivity index (χ3n) is 4.27. The van der Waals surface area contributed by atoms with Gasteiger partial charge < -0.3 is 10.2 Å². The van der Waals surface area contributed by atoms with Gasteiger partial charge in [-0.2, -0.15) is 0 Å². The van der Waals surface area contributed by atoms with E-state index in [0.717, 1.165) is 38.2 Å². The average Bonchev–Trinajstić information content (AvgIpc) is 2.48. The fourth-order valence-corrected chi connectivity index (χ4v) is 2.89. The predicted octanol–water partition coefficient (Wildman–Crippen LogP) is 2.16. The van der Waals surface area contributed by atoms with Crippen LogP contribution in [0.1, 0.15) is 18.9 Å². The molecule has 1 fully saturated rings. The number of nitro benzene ring substituents is 1. The lowest BCUT2D eigenvalue weighted by Crippen LogP contribution is -2.50. The van der Waals surface area contributed by atoms with E-state index in [1.54, 1.807) is 13.1 Å². The van der Waals surface area contributed by atoms with E-state index in [4.69, 9.17) is 0 Å². The number of hydrogen-bond acceptors (Lipinski definition) is 5. The molecule has 1 aromatic carbocycles. The molecule has 1 heterocycles. The van der Waals surface area contributed by atoms with Crippen molar-refractivity contribution < 1.29 is 4.92 Å². The fourth-order valence-electron chi connectivity index (χ4n) is 2.89. The van der Waals surface area contributed by atoms with E-state index in [1.165, 1.54) is 0 Å². The zero-order valence-corrected chi connectivity index (χ0v) is 13.0. The molecule has 21 heavy (non-hydrogen) atoms. The SMILES string of the molecule is CCC1CN(Cc2ccc([N+](=O)[O-])c(NC)c2)CCN1C. The normalized spacial score (nSPS) is 20.4. The van der Waals surface area contributed by atoms with E-state index in [-0.39, 0.29) is 10.6 Å². The van der Waals surface area contributed by atoms with Crippen molar-refractivity contribution in [3.05, 3.63) is 33.9 Å². The van der Waals surface area contributed by atoms with Gasteiger partial charge in [-0.3, -0.25) is 15.0 Å². The maximum atomic E-state index is 10.9. The molecule has 0 bridgehead atoms. The molecule has 1 saturated heterocycles. The molecule has 1 aliphatic heterocycles. The molecule has 2 rings (SSSR count). The highest BCUT2D eigenvalue weighted by molar-refractivity contribution is 5.62. The summed E-state index contributed by atoms with van der Waals surface area (Å²) in [7, 11) is 3.89. The van der Waals surface area contributed by atoms with Gasteiger partial charge in [0.05, 0.1) is 4.92 Å². The molecule has 1 N–H and O–H groups in total. The minimum Gasteiger partial charge on any atom is -0.383 e. The smallest absolute Gasteiger partial charge is 0.292 e. The highest BCUT2D eigenvalue weighted by Crippen LogP contribution is 2.26. The largest absolute Gasteiger partial charge is 0.383 e. The van der Waals surface area contributed by atoms with Crippen LogP contribution < -0.4 is 5.32 Å². The molecular weight excluding hydrogens is 268 g/mol. The van der Waals surface area contributed by atoms with Crippen molar-refractivity contribution in [1.29, 1.82) is 0 Å². The molecule has 0 saturated carbocycles. The van der Waals surface area contributed by atoms with E-state index in [0.29, 0.717) is 11.7 Å². The number of rotatable bonds is 5. The number of nitro groups is 1. The molecule has 116 valence electrons. The van der Waals surface area contributed by atoms with Gasteiger partial charge in [0.1, 0.15) is 5.69 Å². The highest BCUT2D eigenvalue weighted by Gasteiger charge is 2.23. The van der Waals surface area contributed by atoms with Crippen molar-refractivity contribution in [3.8, 4) is 0 Å². The molecule has 0 amide bonds. The second kappa shape index (κ2) is 6.87. The number of nitrogens with one attached hydrogen (secondary N) is 1. The van der Waals surface area contributed by atoms with E-state index in [1.807, 2.05) is 12.1 Å². The van der Waals surface area contributed by atoms with Crippen molar-refractivity contribution >= 4 is 11.4 Å². The summed E-state index contributed by atoms with van der Waals surface area (Å²) in [6.45, 7) is 6.23. The van der Waals surface area contributed by atoms with Crippen LogP contribution in [0.2, 0.25) is 0 Å². The van der Waals surface area contributed by atoms with Crippen LogP contribution in [-0.4, -0.2) is 54.5 Å². The standard InChI is InChI=1S/C15H24N4O2/c1-4-13-11-18(8-7-17(13)3)10-12-5-6-15(19(20)21)14(9-12)16-2/h5-6,9,13,16H,4,7-8,10-11H2,1-3H3. The zero-order chi connectivity index (χ0) is 15.4. The molecule has 6 nitrogen and oxygen atoms in total. The van der Waals surface area contributed by atoms with Crippen LogP contribution in [0.15, 0.2) is 18.2 Å². The predicted molar refractivity (Wildman–Crippen MR) is 84.6 cm³/mol. The lowest BCUT2D eigenvalue weighted by atomic mass is 10.1. The molecule has 6 heteroatoms. The molecule has 0 aliphatic carbocycles. The van der Waals surface area contributed by atoms with Crippen molar-refractivity contribution in [1.82, 2.24) is 9.80 Å². The molecule has 1 unspecified atom stereocenters. The molecule has 0 aromatic heterocycles. The van der Waals surface area contributed by atoms with Gasteiger partial charge in [0.2, 0.25) is 0 Å². The Morgan fingerprint density at radius 3 is 2.81 bits per heavy atom. The van der Waals surface area contributed by atoms with Gasteiger partial charge in [0.25, 0.3) is 5.69 Å². The Balaban J connectivity index is 2.08. The first kappa shape index (κ1) is 15.7. The molecule has 0 spiro atoms.